The van der Waals surface area contributed by atoms with Crippen LogP contribution in [0.5, 0.6) is 0 Å². The van der Waals surface area contributed by atoms with E-state index in [4.69, 9.17) is 4.98 Å². The highest BCUT2D eigenvalue weighted by atomic mass is 16.3. The van der Waals surface area contributed by atoms with Crippen LogP contribution in [-0.2, 0) is 6.54 Å². The van der Waals surface area contributed by atoms with Gasteiger partial charge in [0.25, 0.3) is 0 Å². The van der Waals surface area contributed by atoms with E-state index < -0.39 is 0 Å². The van der Waals surface area contributed by atoms with Crippen LogP contribution >= 0.6 is 0 Å². The van der Waals surface area contributed by atoms with E-state index in [1.54, 1.807) is 6.33 Å². The highest BCUT2D eigenvalue weighted by Gasteiger charge is 2.30. The van der Waals surface area contributed by atoms with E-state index in [2.05, 4.69) is 50.7 Å². The van der Waals surface area contributed by atoms with E-state index >= 15 is 0 Å². The number of rotatable bonds is 6. The summed E-state index contributed by atoms with van der Waals surface area (Å²) >= 11 is 0. The molecule has 27 heavy (non-hydrogen) atoms. The largest absolute Gasteiger partial charge is 0.394 e. The summed E-state index contributed by atoms with van der Waals surface area (Å²) in [5, 5.41) is 13.2. The van der Waals surface area contributed by atoms with Gasteiger partial charge in [0.15, 0.2) is 17.0 Å². The van der Waals surface area contributed by atoms with E-state index in [-0.39, 0.29) is 18.7 Å². The molecule has 0 radical (unpaired) electrons. The number of nitrogens with one attached hydrogen (secondary N) is 1. The Balaban J connectivity index is 1.73. The van der Waals surface area contributed by atoms with Gasteiger partial charge in [-0.15, -0.1) is 0 Å². The van der Waals surface area contributed by atoms with Crippen molar-refractivity contribution in [1.82, 2.24) is 19.5 Å². The first kappa shape index (κ1) is 17.7. The molecular weight excluding hydrogens is 340 g/mol. The number of hydrogen-bond acceptors (Lipinski definition) is 6. The number of anilines is 2. The number of aliphatic hydroxyl groups excluding tert-OH is 1. The number of aromatic nitrogens is 4. The van der Waals surface area contributed by atoms with Crippen molar-refractivity contribution in [2.24, 2.45) is 0 Å². The van der Waals surface area contributed by atoms with E-state index in [1.807, 2.05) is 18.2 Å². The Bertz CT molecular complexity index is 907. The summed E-state index contributed by atoms with van der Waals surface area (Å²) in [5.74, 6) is 1.61. The minimum atomic E-state index is 0.119. The van der Waals surface area contributed by atoms with Crippen LogP contribution in [0.1, 0.15) is 38.3 Å². The van der Waals surface area contributed by atoms with Gasteiger partial charge >= 0.3 is 0 Å². The van der Waals surface area contributed by atoms with Gasteiger partial charge < -0.3 is 15.3 Å². The normalized spacial score (nSPS) is 17.2. The van der Waals surface area contributed by atoms with E-state index in [0.717, 1.165) is 42.3 Å². The van der Waals surface area contributed by atoms with Crippen molar-refractivity contribution in [2.75, 3.05) is 23.4 Å². The Labute approximate surface area is 159 Å². The van der Waals surface area contributed by atoms with Crippen LogP contribution in [0.3, 0.4) is 0 Å². The molecule has 2 aromatic heterocycles. The maximum Gasteiger partial charge on any atom is 0.208 e. The molecule has 0 saturated carbocycles. The van der Waals surface area contributed by atoms with Crippen molar-refractivity contribution < 1.29 is 5.11 Å². The molecule has 1 aromatic carbocycles. The maximum absolute atomic E-state index is 9.75. The second-order valence-corrected chi connectivity index (χ2v) is 7.28. The van der Waals surface area contributed by atoms with E-state index in [0.29, 0.717) is 6.54 Å². The zero-order valence-electron chi connectivity index (χ0n) is 15.8. The Morgan fingerprint density at radius 1 is 1.22 bits per heavy atom. The number of nitrogens with zero attached hydrogens (tertiary/aromatic N) is 5. The van der Waals surface area contributed by atoms with Crippen molar-refractivity contribution in [1.29, 1.82) is 0 Å². The summed E-state index contributed by atoms with van der Waals surface area (Å²) in [5.41, 5.74) is 2.79. The van der Waals surface area contributed by atoms with Gasteiger partial charge in [0.2, 0.25) is 5.95 Å². The number of imidazole rings is 1. The number of aliphatic hydroxyl groups is 1. The van der Waals surface area contributed by atoms with Gasteiger partial charge in [0, 0.05) is 19.1 Å². The molecule has 3 aromatic rings. The molecule has 1 aliphatic heterocycles. The second kappa shape index (κ2) is 7.52. The minimum absolute atomic E-state index is 0.119. The molecule has 1 unspecified atom stereocenters. The lowest BCUT2D eigenvalue weighted by atomic mass is 10.2. The molecule has 0 spiro atoms. The molecule has 4 rings (SSSR count). The van der Waals surface area contributed by atoms with Crippen LogP contribution in [0.4, 0.5) is 11.8 Å². The standard InChI is InChI=1S/C20H26N6O/c1-14(2)26-19-17(24-20(26)25-10-6-9-16(25)12-27)18(22-13-23-19)21-11-15-7-4-3-5-8-15/h3-5,7-8,13-14,16,27H,6,9-12H2,1-2H3,(H,21,22,23). The molecule has 142 valence electrons. The summed E-state index contributed by atoms with van der Waals surface area (Å²) in [6.07, 6.45) is 3.65. The van der Waals surface area contributed by atoms with Crippen LogP contribution in [-0.4, -0.2) is 43.8 Å². The third-order valence-electron chi connectivity index (χ3n) is 5.12. The lowest BCUT2D eigenvalue weighted by Gasteiger charge is -2.26. The highest BCUT2D eigenvalue weighted by molar-refractivity contribution is 5.85. The van der Waals surface area contributed by atoms with Gasteiger partial charge in [-0.3, -0.25) is 4.57 Å². The second-order valence-electron chi connectivity index (χ2n) is 7.28. The molecule has 1 aliphatic rings. The molecule has 1 saturated heterocycles. The summed E-state index contributed by atoms with van der Waals surface area (Å²) in [7, 11) is 0. The molecule has 7 nitrogen and oxygen atoms in total. The third kappa shape index (κ3) is 3.35. The molecule has 2 N–H and O–H groups in total. The van der Waals surface area contributed by atoms with Gasteiger partial charge in [0.05, 0.1) is 12.6 Å². The Morgan fingerprint density at radius 2 is 2.04 bits per heavy atom. The predicted octanol–water partition coefficient (Wildman–Crippen LogP) is 2.98. The molecule has 0 bridgehead atoms. The van der Waals surface area contributed by atoms with Gasteiger partial charge in [-0.1, -0.05) is 30.3 Å². The SMILES string of the molecule is CC(C)n1c(N2CCCC2CO)nc2c(NCc3ccccc3)ncnc21. The quantitative estimate of drug-likeness (QED) is 0.698. The van der Waals surface area contributed by atoms with Crippen LogP contribution in [0, 0.1) is 0 Å². The van der Waals surface area contributed by atoms with Gasteiger partial charge in [0.1, 0.15) is 6.33 Å². The van der Waals surface area contributed by atoms with E-state index in [1.165, 1.54) is 5.56 Å². The minimum Gasteiger partial charge on any atom is -0.394 e. The fourth-order valence-electron chi connectivity index (χ4n) is 3.78. The molecule has 3 heterocycles. The smallest absolute Gasteiger partial charge is 0.208 e. The van der Waals surface area contributed by atoms with Crippen LogP contribution < -0.4 is 10.2 Å². The van der Waals surface area contributed by atoms with Crippen molar-refractivity contribution in [2.45, 2.75) is 45.3 Å². The molecule has 1 atom stereocenters. The summed E-state index contributed by atoms with van der Waals surface area (Å²) < 4.78 is 2.15. The summed E-state index contributed by atoms with van der Waals surface area (Å²) in [4.78, 5) is 16.1. The zero-order chi connectivity index (χ0) is 18.8. The molecule has 7 heteroatoms. The monoisotopic (exact) mass is 366 g/mol. The van der Waals surface area contributed by atoms with Gasteiger partial charge in [-0.05, 0) is 32.3 Å². The predicted molar refractivity (Wildman–Crippen MR) is 107 cm³/mol. The van der Waals surface area contributed by atoms with Gasteiger partial charge in [-0.2, -0.15) is 0 Å². The first-order chi connectivity index (χ1) is 13.2. The molecule has 0 amide bonds. The van der Waals surface area contributed by atoms with Gasteiger partial charge in [-0.25, -0.2) is 15.0 Å². The first-order valence-corrected chi connectivity index (χ1v) is 9.57. The lowest BCUT2D eigenvalue weighted by molar-refractivity contribution is 0.265. The van der Waals surface area contributed by atoms with Crippen molar-refractivity contribution in [3.63, 3.8) is 0 Å². The fraction of sp³-hybridized carbons (Fsp3) is 0.450. The topological polar surface area (TPSA) is 79.1 Å². The van der Waals surface area contributed by atoms with Crippen LogP contribution in [0.15, 0.2) is 36.7 Å². The number of hydrogen-bond donors (Lipinski definition) is 2. The highest BCUT2D eigenvalue weighted by Crippen LogP contribution is 2.32. The zero-order valence-corrected chi connectivity index (χ0v) is 15.8. The lowest BCUT2D eigenvalue weighted by Crippen LogP contribution is -2.34. The average Bonchev–Trinajstić information content (AvgIpc) is 3.31. The maximum atomic E-state index is 9.75. The molecular formula is C20H26N6O. The van der Waals surface area contributed by atoms with Crippen LogP contribution in [0.2, 0.25) is 0 Å². The summed E-state index contributed by atoms with van der Waals surface area (Å²) in [6, 6.07) is 10.6. The van der Waals surface area contributed by atoms with Crippen molar-refractivity contribution in [3.05, 3.63) is 42.2 Å². The first-order valence-electron chi connectivity index (χ1n) is 9.57. The third-order valence-corrected chi connectivity index (χ3v) is 5.12. The molecule has 1 fully saturated rings. The number of fused-ring (bicyclic) bond motifs is 1. The van der Waals surface area contributed by atoms with Crippen molar-refractivity contribution in [3.8, 4) is 0 Å². The Morgan fingerprint density at radius 3 is 2.78 bits per heavy atom. The van der Waals surface area contributed by atoms with Crippen LogP contribution in [0.25, 0.3) is 11.2 Å². The number of benzene rings is 1. The Hall–Kier alpha value is -2.67. The average molecular weight is 366 g/mol. The summed E-state index contributed by atoms with van der Waals surface area (Å²) in [6.45, 7) is 6.00. The Kier molecular flexibility index (Phi) is 4.94. The van der Waals surface area contributed by atoms with Crippen molar-refractivity contribution >= 4 is 22.9 Å². The fourth-order valence-corrected chi connectivity index (χ4v) is 3.78. The molecule has 0 aliphatic carbocycles. The van der Waals surface area contributed by atoms with E-state index in [9.17, 15) is 5.11 Å².